The number of nitrogens with zero attached hydrogens (tertiary/aromatic N) is 7. The fourth-order valence-electron chi connectivity index (χ4n) is 4.81. The zero-order chi connectivity index (χ0) is 26.2. The molecule has 3 fully saturated rings. The van der Waals surface area contributed by atoms with Crippen LogP contribution in [-0.2, 0) is 4.74 Å². The van der Waals surface area contributed by atoms with E-state index in [2.05, 4.69) is 30.3 Å². The average Bonchev–Trinajstić information content (AvgIpc) is 3.41. The van der Waals surface area contributed by atoms with E-state index in [0.29, 0.717) is 36.5 Å². The van der Waals surface area contributed by atoms with Crippen LogP contribution in [0.4, 0.5) is 16.8 Å². The van der Waals surface area contributed by atoms with Gasteiger partial charge in [-0.1, -0.05) is 5.16 Å². The third-order valence-corrected chi connectivity index (χ3v) is 7.05. The Morgan fingerprint density at radius 3 is 2.38 bits per heavy atom. The summed E-state index contributed by atoms with van der Waals surface area (Å²) in [5.41, 5.74) is -0.0755. The average molecular weight is 513 g/mol. The monoisotopic (exact) mass is 512 g/mol. The van der Waals surface area contributed by atoms with Crippen molar-refractivity contribution >= 4 is 24.0 Å². The number of hydrogen-bond acceptors (Lipinski definition) is 10. The van der Waals surface area contributed by atoms with Gasteiger partial charge in [0.2, 0.25) is 5.95 Å². The Kier molecular flexibility index (Phi) is 6.91. The standard InChI is InChI=1S/C25H36N8O4/c1-25(2,3)36-24(35)28-18-7-10-33(15-18)22-26-13-17(14-27-22)21(34)31(4)19-8-11-32(12-9-19)23-29-20(30-37-23)16-5-6-16/h13-14,16,18-19H,5-12,15H2,1-4H3,(H,28,35)/t18-/m1/s1. The van der Waals surface area contributed by atoms with Gasteiger partial charge >= 0.3 is 12.1 Å². The molecule has 0 bridgehead atoms. The Morgan fingerprint density at radius 1 is 1.05 bits per heavy atom. The number of nitrogens with one attached hydrogen (secondary N) is 1. The largest absolute Gasteiger partial charge is 0.444 e. The lowest BCUT2D eigenvalue weighted by Gasteiger charge is -2.35. The maximum absolute atomic E-state index is 13.1. The summed E-state index contributed by atoms with van der Waals surface area (Å²) in [5.74, 6) is 1.74. The number of rotatable bonds is 6. The maximum atomic E-state index is 13.1. The highest BCUT2D eigenvalue weighted by Crippen LogP contribution is 2.39. The highest BCUT2D eigenvalue weighted by Gasteiger charge is 2.32. The van der Waals surface area contributed by atoms with Crippen molar-refractivity contribution < 1.29 is 18.8 Å². The molecule has 0 radical (unpaired) electrons. The fourth-order valence-corrected chi connectivity index (χ4v) is 4.81. The van der Waals surface area contributed by atoms with Crippen molar-refractivity contribution in [1.29, 1.82) is 0 Å². The van der Waals surface area contributed by atoms with E-state index in [4.69, 9.17) is 9.26 Å². The number of alkyl carbamates (subject to hydrolysis) is 1. The van der Waals surface area contributed by atoms with Crippen LogP contribution in [0.5, 0.6) is 0 Å². The first-order chi connectivity index (χ1) is 17.7. The molecule has 5 rings (SSSR count). The van der Waals surface area contributed by atoms with Crippen molar-refractivity contribution in [1.82, 2.24) is 30.3 Å². The molecule has 4 heterocycles. The Balaban J connectivity index is 1.10. The number of ether oxygens (including phenoxy) is 1. The van der Waals surface area contributed by atoms with Crippen molar-refractivity contribution in [2.45, 2.75) is 76.5 Å². The van der Waals surface area contributed by atoms with Crippen LogP contribution in [0.25, 0.3) is 0 Å². The second kappa shape index (κ2) is 10.1. The van der Waals surface area contributed by atoms with Crippen LogP contribution in [0, 0.1) is 0 Å². The van der Waals surface area contributed by atoms with Gasteiger partial charge in [0.05, 0.1) is 11.6 Å². The molecular formula is C25H36N8O4. The molecule has 1 aliphatic carbocycles. The molecule has 12 nitrogen and oxygen atoms in total. The molecule has 37 heavy (non-hydrogen) atoms. The van der Waals surface area contributed by atoms with Crippen LogP contribution in [0.2, 0.25) is 0 Å². The van der Waals surface area contributed by atoms with Crippen LogP contribution in [0.15, 0.2) is 16.9 Å². The van der Waals surface area contributed by atoms with Gasteiger partial charge < -0.3 is 29.3 Å². The molecule has 3 aliphatic rings. The molecule has 2 amide bonds. The Bertz CT molecular complexity index is 1100. The third kappa shape index (κ3) is 6.11. The summed E-state index contributed by atoms with van der Waals surface area (Å²) in [6.45, 7) is 8.34. The quantitative estimate of drug-likeness (QED) is 0.616. The van der Waals surface area contributed by atoms with Crippen LogP contribution >= 0.6 is 0 Å². The van der Waals surface area contributed by atoms with E-state index < -0.39 is 11.7 Å². The minimum absolute atomic E-state index is 0.0378. The van der Waals surface area contributed by atoms with E-state index in [1.807, 2.05) is 32.7 Å². The predicted molar refractivity (Wildman–Crippen MR) is 136 cm³/mol. The van der Waals surface area contributed by atoms with Crippen LogP contribution in [0.1, 0.15) is 75.0 Å². The first kappa shape index (κ1) is 25.2. The van der Waals surface area contributed by atoms with Gasteiger partial charge in [-0.15, -0.1) is 0 Å². The summed E-state index contributed by atoms with van der Waals surface area (Å²) in [5, 5.41) is 7.01. The van der Waals surface area contributed by atoms with Crippen molar-refractivity contribution in [2.24, 2.45) is 0 Å². The number of carbonyl (C=O) groups is 2. The van der Waals surface area contributed by atoms with E-state index in [9.17, 15) is 9.59 Å². The number of piperidine rings is 1. The Labute approximate surface area is 216 Å². The summed E-state index contributed by atoms with van der Waals surface area (Å²) in [6.07, 6.45) is 7.45. The molecule has 12 heteroatoms. The molecular weight excluding hydrogens is 476 g/mol. The first-order valence-corrected chi connectivity index (χ1v) is 13.1. The van der Waals surface area contributed by atoms with Gasteiger partial charge in [0.25, 0.3) is 5.91 Å². The minimum Gasteiger partial charge on any atom is -0.444 e. The van der Waals surface area contributed by atoms with Gasteiger partial charge in [-0.2, -0.15) is 4.98 Å². The first-order valence-electron chi connectivity index (χ1n) is 13.1. The normalized spacial score (nSPS) is 20.7. The maximum Gasteiger partial charge on any atom is 0.407 e. The van der Waals surface area contributed by atoms with E-state index in [1.165, 1.54) is 0 Å². The molecule has 0 unspecified atom stereocenters. The summed E-state index contributed by atoms with van der Waals surface area (Å²) >= 11 is 0. The molecule has 2 aromatic rings. The summed E-state index contributed by atoms with van der Waals surface area (Å²) in [4.78, 5) is 44.5. The van der Waals surface area contributed by atoms with E-state index >= 15 is 0 Å². The number of carbonyl (C=O) groups excluding carboxylic acids is 2. The van der Waals surface area contributed by atoms with E-state index in [-0.39, 0.29) is 18.0 Å². The van der Waals surface area contributed by atoms with E-state index in [0.717, 1.165) is 51.0 Å². The van der Waals surface area contributed by atoms with Gasteiger partial charge in [-0.3, -0.25) is 4.79 Å². The van der Waals surface area contributed by atoms with Crippen molar-refractivity contribution in [3.05, 3.63) is 23.8 Å². The van der Waals surface area contributed by atoms with Gasteiger partial charge in [-0.25, -0.2) is 14.8 Å². The SMILES string of the molecule is CN(C(=O)c1cnc(N2CC[C@@H](NC(=O)OC(C)(C)C)C2)nc1)C1CCN(c2nc(C3CC3)no2)CC1. The highest BCUT2D eigenvalue weighted by molar-refractivity contribution is 5.93. The second-order valence-electron chi connectivity index (χ2n) is 11.2. The zero-order valence-electron chi connectivity index (χ0n) is 22.0. The number of anilines is 2. The predicted octanol–water partition coefficient (Wildman–Crippen LogP) is 2.58. The van der Waals surface area contributed by atoms with Gasteiger partial charge in [0.1, 0.15) is 5.60 Å². The third-order valence-electron chi connectivity index (χ3n) is 7.05. The smallest absolute Gasteiger partial charge is 0.407 e. The number of hydrogen-bond donors (Lipinski definition) is 1. The van der Waals surface area contributed by atoms with Crippen LogP contribution < -0.4 is 15.1 Å². The summed E-state index contributed by atoms with van der Waals surface area (Å²) < 4.78 is 10.8. The molecule has 200 valence electrons. The lowest BCUT2D eigenvalue weighted by molar-refractivity contribution is 0.0508. The number of aromatic nitrogens is 4. The molecule has 0 aromatic carbocycles. The lowest BCUT2D eigenvalue weighted by Crippen LogP contribution is -2.45. The minimum atomic E-state index is -0.536. The van der Waals surface area contributed by atoms with Crippen molar-refractivity contribution in [3.8, 4) is 0 Å². The van der Waals surface area contributed by atoms with Gasteiger partial charge in [-0.05, 0) is 52.9 Å². The van der Waals surface area contributed by atoms with E-state index in [1.54, 1.807) is 17.3 Å². The second-order valence-corrected chi connectivity index (χ2v) is 11.2. The molecule has 2 saturated heterocycles. The highest BCUT2D eigenvalue weighted by atomic mass is 16.6. The molecule has 1 N–H and O–H groups in total. The zero-order valence-corrected chi connectivity index (χ0v) is 22.0. The van der Waals surface area contributed by atoms with Gasteiger partial charge in [0, 0.05) is 57.6 Å². The summed E-state index contributed by atoms with van der Waals surface area (Å²) in [6, 6.07) is 0.667. The summed E-state index contributed by atoms with van der Waals surface area (Å²) in [7, 11) is 1.84. The van der Waals surface area contributed by atoms with Crippen molar-refractivity contribution in [3.63, 3.8) is 0 Å². The molecule has 1 atom stereocenters. The topological polar surface area (TPSA) is 130 Å². The molecule has 0 spiro atoms. The van der Waals surface area contributed by atoms with Crippen molar-refractivity contribution in [2.75, 3.05) is 43.0 Å². The molecule has 2 aromatic heterocycles. The molecule has 2 aliphatic heterocycles. The number of amides is 2. The lowest BCUT2D eigenvalue weighted by atomic mass is 10.0. The van der Waals surface area contributed by atoms with Crippen LogP contribution in [-0.4, -0.2) is 87.9 Å². The molecule has 1 saturated carbocycles. The van der Waals surface area contributed by atoms with Gasteiger partial charge in [0.15, 0.2) is 5.82 Å². The Morgan fingerprint density at radius 2 is 1.73 bits per heavy atom. The fraction of sp³-hybridized carbons (Fsp3) is 0.680. The van der Waals surface area contributed by atoms with Crippen LogP contribution in [0.3, 0.4) is 0 Å². The Hall–Kier alpha value is -3.44.